The average molecular weight is 413 g/mol. The van der Waals surface area contributed by atoms with Gasteiger partial charge in [0.15, 0.2) is 6.10 Å². The Labute approximate surface area is 175 Å². The SMILES string of the molecule is O=C(CCl)NCC1(c2ccccc2)CC(NC(=O)C2CCc3ccccc3O2)C1. The molecule has 1 atom stereocenters. The van der Waals surface area contributed by atoms with Crippen molar-refractivity contribution in [3.05, 3.63) is 65.7 Å². The van der Waals surface area contributed by atoms with Gasteiger partial charge in [-0.25, -0.2) is 0 Å². The van der Waals surface area contributed by atoms with Gasteiger partial charge in [0, 0.05) is 18.0 Å². The first-order valence-corrected chi connectivity index (χ1v) is 10.6. The van der Waals surface area contributed by atoms with Gasteiger partial charge in [0.2, 0.25) is 5.91 Å². The van der Waals surface area contributed by atoms with Crippen LogP contribution in [0.15, 0.2) is 54.6 Å². The topological polar surface area (TPSA) is 67.4 Å². The molecule has 2 N–H and O–H groups in total. The zero-order valence-corrected chi connectivity index (χ0v) is 17.0. The van der Waals surface area contributed by atoms with Gasteiger partial charge in [-0.3, -0.25) is 9.59 Å². The van der Waals surface area contributed by atoms with Gasteiger partial charge in [0.25, 0.3) is 5.91 Å². The number of amides is 2. The second-order valence-corrected chi connectivity index (χ2v) is 8.19. The lowest BCUT2D eigenvalue weighted by Gasteiger charge is -2.49. The first-order chi connectivity index (χ1) is 14.1. The molecule has 5 nitrogen and oxygen atoms in total. The van der Waals surface area contributed by atoms with E-state index in [1.807, 2.05) is 42.5 Å². The van der Waals surface area contributed by atoms with Gasteiger partial charge in [0.05, 0.1) is 0 Å². The second kappa shape index (κ2) is 8.46. The summed E-state index contributed by atoms with van der Waals surface area (Å²) in [4.78, 5) is 24.4. The van der Waals surface area contributed by atoms with Gasteiger partial charge in [-0.15, -0.1) is 11.6 Å². The summed E-state index contributed by atoms with van der Waals surface area (Å²) < 4.78 is 5.91. The Morgan fingerprint density at radius 1 is 1.07 bits per heavy atom. The van der Waals surface area contributed by atoms with E-state index in [1.54, 1.807) is 0 Å². The number of halogens is 1. The molecule has 2 aromatic carbocycles. The van der Waals surface area contributed by atoms with Crippen molar-refractivity contribution < 1.29 is 14.3 Å². The summed E-state index contributed by atoms with van der Waals surface area (Å²) >= 11 is 5.62. The number of aryl methyl sites for hydroxylation is 1. The third kappa shape index (κ3) is 4.25. The first kappa shape index (κ1) is 19.8. The summed E-state index contributed by atoms with van der Waals surface area (Å²) in [5.74, 6) is 0.514. The van der Waals surface area contributed by atoms with E-state index in [4.69, 9.17) is 16.3 Å². The smallest absolute Gasteiger partial charge is 0.261 e. The number of hydrogen-bond acceptors (Lipinski definition) is 3. The molecule has 0 spiro atoms. The highest BCUT2D eigenvalue weighted by molar-refractivity contribution is 6.27. The number of benzene rings is 2. The van der Waals surface area contributed by atoms with Gasteiger partial charge in [0.1, 0.15) is 11.6 Å². The second-order valence-electron chi connectivity index (χ2n) is 7.92. The summed E-state index contributed by atoms with van der Waals surface area (Å²) in [6, 6.07) is 18.1. The molecule has 1 unspecified atom stereocenters. The number of carbonyl (C=O) groups excluding carboxylic acids is 2. The highest BCUT2D eigenvalue weighted by Gasteiger charge is 2.46. The minimum absolute atomic E-state index is 0.0501. The summed E-state index contributed by atoms with van der Waals surface area (Å²) in [5, 5.41) is 6.05. The van der Waals surface area contributed by atoms with E-state index in [1.165, 1.54) is 5.56 Å². The standard InChI is InChI=1S/C23H25ClN2O3/c24-14-21(27)25-15-23(17-7-2-1-3-8-17)12-18(13-23)26-22(28)20-11-10-16-6-4-5-9-19(16)29-20/h1-9,18,20H,10-15H2,(H,25,27)(H,26,28). The van der Waals surface area contributed by atoms with Crippen LogP contribution >= 0.6 is 11.6 Å². The Morgan fingerprint density at radius 2 is 1.79 bits per heavy atom. The van der Waals surface area contributed by atoms with Crippen LogP contribution in [0.5, 0.6) is 5.75 Å². The molecule has 0 radical (unpaired) electrons. The molecule has 6 heteroatoms. The van der Waals surface area contributed by atoms with Crippen LogP contribution in [0.25, 0.3) is 0 Å². The minimum atomic E-state index is -0.451. The summed E-state index contributed by atoms with van der Waals surface area (Å²) in [6.45, 7) is 0.516. The number of nitrogens with one attached hydrogen (secondary N) is 2. The van der Waals surface area contributed by atoms with Crippen LogP contribution < -0.4 is 15.4 Å². The predicted molar refractivity (Wildman–Crippen MR) is 112 cm³/mol. The molecule has 1 heterocycles. The van der Waals surface area contributed by atoms with Crippen molar-refractivity contribution in [2.24, 2.45) is 0 Å². The molecule has 2 aromatic rings. The summed E-state index contributed by atoms with van der Waals surface area (Å²) in [5.41, 5.74) is 2.14. The lowest BCUT2D eigenvalue weighted by Crippen LogP contribution is -2.59. The monoisotopic (exact) mass is 412 g/mol. The molecular weight excluding hydrogens is 388 g/mol. The Hall–Kier alpha value is -2.53. The van der Waals surface area contributed by atoms with Crippen LogP contribution in [-0.2, 0) is 21.4 Å². The molecule has 2 aliphatic rings. The Kier molecular flexibility index (Phi) is 5.76. The average Bonchev–Trinajstić information content (AvgIpc) is 2.75. The molecule has 152 valence electrons. The fourth-order valence-electron chi connectivity index (χ4n) is 4.38. The van der Waals surface area contributed by atoms with Gasteiger partial charge in [-0.2, -0.15) is 0 Å². The number of para-hydroxylation sites is 1. The van der Waals surface area contributed by atoms with Crippen LogP contribution in [-0.4, -0.2) is 36.4 Å². The van der Waals surface area contributed by atoms with Crippen molar-refractivity contribution >= 4 is 23.4 Å². The molecule has 29 heavy (non-hydrogen) atoms. The largest absolute Gasteiger partial charge is 0.480 e. The predicted octanol–water partition coefficient (Wildman–Crippen LogP) is 2.95. The molecule has 0 aromatic heterocycles. The summed E-state index contributed by atoms with van der Waals surface area (Å²) in [7, 11) is 0. The highest BCUT2D eigenvalue weighted by atomic mass is 35.5. The molecule has 1 aliphatic heterocycles. The molecule has 2 amide bonds. The van der Waals surface area contributed by atoms with Crippen LogP contribution in [0.1, 0.15) is 30.4 Å². The third-order valence-corrected chi connectivity index (χ3v) is 6.21. The van der Waals surface area contributed by atoms with Crippen LogP contribution in [0.2, 0.25) is 0 Å². The number of carbonyl (C=O) groups is 2. The maximum Gasteiger partial charge on any atom is 0.261 e. The molecule has 4 rings (SSSR count). The van der Waals surface area contributed by atoms with Crippen LogP contribution in [0, 0.1) is 0 Å². The molecule has 1 aliphatic carbocycles. The van der Waals surface area contributed by atoms with Crippen molar-refractivity contribution in [2.45, 2.75) is 43.2 Å². The van der Waals surface area contributed by atoms with E-state index in [0.29, 0.717) is 13.0 Å². The Bertz CT molecular complexity index is 881. The number of alkyl halides is 1. The summed E-state index contributed by atoms with van der Waals surface area (Å²) in [6.07, 6.45) is 2.62. The van der Waals surface area contributed by atoms with E-state index in [2.05, 4.69) is 22.8 Å². The maximum absolute atomic E-state index is 12.7. The number of hydrogen-bond donors (Lipinski definition) is 2. The van der Waals surface area contributed by atoms with Gasteiger partial charge < -0.3 is 15.4 Å². The minimum Gasteiger partial charge on any atom is -0.480 e. The lowest BCUT2D eigenvalue weighted by molar-refractivity contribution is -0.130. The fraction of sp³-hybridized carbons (Fsp3) is 0.391. The van der Waals surface area contributed by atoms with E-state index in [9.17, 15) is 9.59 Å². The van der Waals surface area contributed by atoms with Crippen molar-refractivity contribution in [3.63, 3.8) is 0 Å². The van der Waals surface area contributed by atoms with E-state index in [0.717, 1.165) is 30.6 Å². The first-order valence-electron chi connectivity index (χ1n) is 10.0. The highest BCUT2D eigenvalue weighted by Crippen LogP contribution is 2.43. The van der Waals surface area contributed by atoms with Crippen molar-refractivity contribution in [1.82, 2.24) is 10.6 Å². The number of ether oxygens (including phenoxy) is 1. The van der Waals surface area contributed by atoms with Crippen molar-refractivity contribution in [1.29, 1.82) is 0 Å². The van der Waals surface area contributed by atoms with Crippen LogP contribution in [0.4, 0.5) is 0 Å². The molecule has 0 saturated heterocycles. The van der Waals surface area contributed by atoms with Gasteiger partial charge >= 0.3 is 0 Å². The van der Waals surface area contributed by atoms with E-state index >= 15 is 0 Å². The number of rotatable bonds is 6. The van der Waals surface area contributed by atoms with Crippen molar-refractivity contribution in [2.75, 3.05) is 12.4 Å². The van der Waals surface area contributed by atoms with Gasteiger partial charge in [-0.1, -0.05) is 48.5 Å². The maximum atomic E-state index is 12.7. The molecule has 0 bridgehead atoms. The normalized spacial score (nSPS) is 25.1. The van der Waals surface area contributed by atoms with E-state index < -0.39 is 6.10 Å². The lowest BCUT2D eigenvalue weighted by atomic mass is 9.61. The Balaban J connectivity index is 1.37. The van der Waals surface area contributed by atoms with Crippen LogP contribution in [0.3, 0.4) is 0 Å². The Morgan fingerprint density at radius 3 is 2.55 bits per heavy atom. The molecular formula is C23H25ClN2O3. The number of fused-ring (bicyclic) bond motifs is 1. The zero-order valence-electron chi connectivity index (χ0n) is 16.2. The van der Waals surface area contributed by atoms with Crippen molar-refractivity contribution in [3.8, 4) is 5.75 Å². The van der Waals surface area contributed by atoms with Gasteiger partial charge in [-0.05, 0) is 42.9 Å². The third-order valence-electron chi connectivity index (χ3n) is 5.96. The molecule has 1 fully saturated rings. The zero-order chi connectivity index (χ0) is 20.3. The fourth-order valence-corrected chi connectivity index (χ4v) is 4.47. The molecule has 1 saturated carbocycles. The quantitative estimate of drug-likeness (QED) is 0.717. The van der Waals surface area contributed by atoms with E-state index in [-0.39, 0.29) is 29.2 Å².